The molecule has 0 fully saturated rings. The van der Waals surface area contributed by atoms with Gasteiger partial charge in [0.25, 0.3) is 5.56 Å². The van der Waals surface area contributed by atoms with E-state index < -0.39 is 0 Å². The summed E-state index contributed by atoms with van der Waals surface area (Å²) in [6.07, 6.45) is 1.39. The Bertz CT molecular complexity index is 1120. The Morgan fingerprint density at radius 1 is 1.11 bits per heavy atom. The van der Waals surface area contributed by atoms with E-state index in [0.717, 1.165) is 56.9 Å². The fourth-order valence-corrected chi connectivity index (χ4v) is 3.69. The van der Waals surface area contributed by atoms with Crippen molar-refractivity contribution in [3.63, 3.8) is 0 Å². The zero-order valence-electron chi connectivity index (χ0n) is 28.4. The van der Waals surface area contributed by atoms with Crippen LogP contribution in [0, 0.1) is 12.3 Å². The van der Waals surface area contributed by atoms with Gasteiger partial charge in [-0.1, -0.05) is 38.8 Å². The number of methoxy groups -OCH3 is 1. The molecule has 2 rings (SSSR count). The minimum absolute atomic E-state index is 0.201. The van der Waals surface area contributed by atoms with E-state index in [-0.39, 0.29) is 11.5 Å². The summed E-state index contributed by atoms with van der Waals surface area (Å²) < 4.78 is 15.1. The minimum atomic E-state index is -0.290. The van der Waals surface area contributed by atoms with Crippen molar-refractivity contribution < 1.29 is 23.8 Å². The summed E-state index contributed by atoms with van der Waals surface area (Å²) in [6.45, 7) is 22.1. The molecule has 0 unspecified atom stereocenters. The molecule has 0 aliphatic carbocycles. The number of aromatic amines is 1. The van der Waals surface area contributed by atoms with Crippen LogP contribution in [0.15, 0.2) is 23.0 Å². The van der Waals surface area contributed by atoms with E-state index in [9.17, 15) is 9.59 Å². The molecule has 250 valence electrons. The number of hydrogen-bond donors (Lipinski definition) is 4. The monoisotopic (exact) mass is 620 g/mol. The van der Waals surface area contributed by atoms with Crippen LogP contribution in [0.1, 0.15) is 65.6 Å². The molecular weight excluding hydrogens is 564 g/mol. The third-order valence-electron chi connectivity index (χ3n) is 5.95. The Hall–Kier alpha value is -3.61. The van der Waals surface area contributed by atoms with Crippen molar-refractivity contribution in [3.05, 3.63) is 39.8 Å². The van der Waals surface area contributed by atoms with Gasteiger partial charge in [0.2, 0.25) is 0 Å². The first-order valence-corrected chi connectivity index (χ1v) is 15.1. The third-order valence-corrected chi connectivity index (χ3v) is 5.95. The van der Waals surface area contributed by atoms with Crippen molar-refractivity contribution in [2.24, 2.45) is 0 Å². The number of nitrogens with zero attached hydrogens (tertiary/aromatic N) is 2. The first kappa shape index (κ1) is 42.5. The average molecular weight is 621 g/mol. The van der Waals surface area contributed by atoms with Gasteiger partial charge in [0.1, 0.15) is 36.4 Å². The molecule has 0 bridgehead atoms. The lowest BCUT2D eigenvalue weighted by atomic mass is 10.1. The summed E-state index contributed by atoms with van der Waals surface area (Å²) in [4.78, 5) is 40.6. The molecule has 1 heterocycles. The van der Waals surface area contributed by atoms with Gasteiger partial charge < -0.3 is 40.0 Å². The van der Waals surface area contributed by atoms with Crippen LogP contribution in [0.25, 0.3) is 11.4 Å². The lowest BCUT2D eigenvalue weighted by Gasteiger charge is -2.19. The van der Waals surface area contributed by atoms with Gasteiger partial charge in [0.15, 0.2) is 0 Å². The molecule has 44 heavy (non-hydrogen) atoms. The smallest absolute Gasteiger partial charge is 0.302 e. The Morgan fingerprint density at radius 3 is 2.27 bits per heavy atom. The molecule has 1 aromatic carbocycles. The highest BCUT2D eigenvalue weighted by Crippen LogP contribution is 2.29. The number of nitrogens with one attached hydrogen (secondary N) is 4. The molecule has 0 atom stereocenters. The standard InChI is InChI=1S/C18H24N4O2.C10H22N2O2.C3H8O.CH2O/c1-5-7-13(19)15-16(20-4)18(23)22-17(21-15)12-10-11(3)8-9-14(12)24-6-2;1-4-11-6-7-12(5-2)8-9-14-10(3)13;1-3-4-2;1-2/h8-10,19-20H,5-7H2,1-4H3,(H,21,22,23);11H,4-9H2,1-3H3;3H2,1-2H3;1H2. The molecule has 0 aliphatic heterocycles. The van der Waals surface area contributed by atoms with Crippen LogP contribution >= 0.6 is 0 Å². The van der Waals surface area contributed by atoms with Gasteiger partial charge in [-0.2, -0.15) is 0 Å². The first-order chi connectivity index (χ1) is 21.1. The lowest BCUT2D eigenvalue weighted by molar-refractivity contribution is -0.141. The Kier molecular flexibility index (Phi) is 26.1. The maximum atomic E-state index is 12.4. The fraction of sp³-hybridized carbons (Fsp3) is 0.594. The molecule has 0 aliphatic rings. The van der Waals surface area contributed by atoms with E-state index in [4.69, 9.17) is 19.7 Å². The number of carbonyl (C=O) groups excluding carboxylic acids is 2. The molecule has 0 saturated carbocycles. The largest absolute Gasteiger partial charge is 0.493 e. The van der Waals surface area contributed by atoms with Crippen LogP contribution in [0.3, 0.4) is 0 Å². The maximum Gasteiger partial charge on any atom is 0.302 e. The van der Waals surface area contributed by atoms with E-state index in [1.165, 1.54) is 6.92 Å². The molecule has 0 spiro atoms. The molecule has 4 N–H and O–H groups in total. The van der Waals surface area contributed by atoms with E-state index in [0.29, 0.717) is 48.3 Å². The number of benzene rings is 1. The molecule has 12 nitrogen and oxygen atoms in total. The van der Waals surface area contributed by atoms with Crippen LogP contribution in [-0.4, -0.2) is 100 Å². The summed E-state index contributed by atoms with van der Waals surface area (Å²) >= 11 is 0. The van der Waals surface area contributed by atoms with Gasteiger partial charge >= 0.3 is 5.97 Å². The first-order valence-electron chi connectivity index (χ1n) is 15.1. The molecule has 2 aromatic rings. The van der Waals surface area contributed by atoms with Gasteiger partial charge in [-0.05, 0) is 52.4 Å². The van der Waals surface area contributed by atoms with Crippen molar-refractivity contribution >= 4 is 24.2 Å². The third kappa shape index (κ3) is 17.5. The van der Waals surface area contributed by atoms with Crippen LogP contribution in [0.4, 0.5) is 5.69 Å². The zero-order chi connectivity index (χ0) is 33.9. The summed E-state index contributed by atoms with van der Waals surface area (Å²) in [5.74, 6) is 0.881. The number of carbonyl (C=O) groups is 2. The number of likely N-dealkylation sites (N-methyl/N-ethyl adjacent to an activating group) is 2. The Morgan fingerprint density at radius 2 is 1.77 bits per heavy atom. The Labute approximate surface area is 263 Å². The highest BCUT2D eigenvalue weighted by molar-refractivity contribution is 6.01. The maximum absolute atomic E-state index is 12.4. The van der Waals surface area contributed by atoms with Crippen LogP contribution in [0.5, 0.6) is 5.75 Å². The molecule has 0 saturated heterocycles. The van der Waals surface area contributed by atoms with Gasteiger partial charge in [-0.15, -0.1) is 0 Å². The number of anilines is 1. The van der Waals surface area contributed by atoms with Gasteiger partial charge in [-0.3, -0.25) is 14.5 Å². The summed E-state index contributed by atoms with van der Waals surface area (Å²) in [6, 6.07) is 5.75. The number of rotatable bonds is 16. The highest BCUT2D eigenvalue weighted by atomic mass is 16.5. The van der Waals surface area contributed by atoms with E-state index in [1.807, 2.05) is 52.7 Å². The minimum Gasteiger partial charge on any atom is -0.493 e. The summed E-state index contributed by atoms with van der Waals surface area (Å²) in [7, 11) is 3.34. The SMILES string of the molecule is C=O.CCCC(=N)c1nc(-c2cc(C)ccc2OCC)[nH]c(=O)c1NC.CCNCCN(CC)CCOC(C)=O.CCOC. The second kappa shape index (κ2) is 27.0. The Balaban J connectivity index is 0. The van der Waals surface area contributed by atoms with Crippen molar-refractivity contribution in [3.8, 4) is 17.1 Å². The fourth-order valence-electron chi connectivity index (χ4n) is 3.69. The molecule has 12 heteroatoms. The number of esters is 1. The predicted molar refractivity (Wildman–Crippen MR) is 179 cm³/mol. The summed E-state index contributed by atoms with van der Waals surface area (Å²) in [5.41, 5.74) is 2.54. The van der Waals surface area contributed by atoms with Crippen LogP contribution < -0.4 is 20.9 Å². The second-order valence-electron chi connectivity index (χ2n) is 9.25. The topological polar surface area (TPSA) is 159 Å². The highest BCUT2D eigenvalue weighted by Gasteiger charge is 2.17. The van der Waals surface area contributed by atoms with Crippen molar-refractivity contribution in [1.29, 1.82) is 5.41 Å². The van der Waals surface area contributed by atoms with E-state index in [1.54, 1.807) is 14.2 Å². The lowest BCUT2D eigenvalue weighted by Crippen LogP contribution is -2.34. The van der Waals surface area contributed by atoms with Crippen molar-refractivity contribution in [2.75, 3.05) is 72.0 Å². The number of hydrogen-bond acceptors (Lipinski definition) is 11. The normalized spacial score (nSPS) is 9.86. The molecule has 0 amide bonds. The van der Waals surface area contributed by atoms with E-state index in [2.05, 4.69) is 44.1 Å². The quantitative estimate of drug-likeness (QED) is 0.121. The number of ether oxygens (including phenoxy) is 3. The van der Waals surface area contributed by atoms with E-state index >= 15 is 0 Å². The van der Waals surface area contributed by atoms with Crippen molar-refractivity contribution in [1.82, 2.24) is 20.2 Å². The molecule has 0 radical (unpaired) electrons. The number of H-pyrrole nitrogens is 1. The van der Waals surface area contributed by atoms with Crippen LogP contribution in [0.2, 0.25) is 0 Å². The summed E-state index contributed by atoms with van der Waals surface area (Å²) in [5, 5.41) is 14.3. The van der Waals surface area contributed by atoms with Gasteiger partial charge in [0.05, 0.1) is 17.9 Å². The molecular formula is C32H56N6O6. The van der Waals surface area contributed by atoms with Crippen LogP contribution in [-0.2, 0) is 19.1 Å². The van der Waals surface area contributed by atoms with Gasteiger partial charge in [-0.25, -0.2) is 4.98 Å². The van der Waals surface area contributed by atoms with Crippen molar-refractivity contribution in [2.45, 2.75) is 61.3 Å². The predicted octanol–water partition coefficient (Wildman–Crippen LogP) is 4.30. The average Bonchev–Trinajstić information content (AvgIpc) is 3.02. The number of aryl methyl sites for hydroxylation is 1. The van der Waals surface area contributed by atoms with Gasteiger partial charge in [0, 0.05) is 47.3 Å². The molecule has 1 aromatic heterocycles. The zero-order valence-corrected chi connectivity index (χ0v) is 28.4. The second-order valence-corrected chi connectivity index (χ2v) is 9.25. The number of aromatic nitrogens is 2.